The summed E-state index contributed by atoms with van der Waals surface area (Å²) in [5, 5.41) is 3.19. The molecule has 0 saturated carbocycles. The highest BCUT2D eigenvalue weighted by Gasteiger charge is 2.15. The van der Waals surface area contributed by atoms with Crippen LogP contribution in [0, 0.1) is 4.77 Å². The standard InChI is InChI=1S/C8H11N3OS/c1-12-4-6-5-2-3-9-7(5)11-8(13)10-6/h2-4H2,1H3,(H2,9,10,11,13). The van der Waals surface area contributed by atoms with E-state index in [2.05, 4.69) is 15.3 Å². The lowest BCUT2D eigenvalue weighted by Gasteiger charge is -2.05. The van der Waals surface area contributed by atoms with Gasteiger partial charge in [0.05, 0.1) is 12.3 Å². The highest BCUT2D eigenvalue weighted by Crippen LogP contribution is 2.21. The molecule has 1 aromatic rings. The Morgan fingerprint density at radius 1 is 1.62 bits per heavy atom. The largest absolute Gasteiger partial charge is 0.378 e. The van der Waals surface area contributed by atoms with Gasteiger partial charge in [-0.1, -0.05) is 0 Å². The second kappa shape index (κ2) is 3.43. The van der Waals surface area contributed by atoms with Crippen molar-refractivity contribution >= 4 is 18.0 Å². The SMILES string of the molecule is COCc1[nH]c(=S)nc2c1CCN2. The van der Waals surface area contributed by atoms with Gasteiger partial charge in [0, 0.05) is 19.2 Å². The van der Waals surface area contributed by atoms with Crippen molar-refractivity contribution in [2.75, 3.05) is 19.0 Å². The van der Waals surface area contributed by atoms with Gasteiger partial charge in [0.2, 0.25) is 0 Å². The van der Waals surface area contributed by atoms with Crippen molar-refractivity contribution in [1.29, 1.82) is 0 Å². The summed E-state index contributed by atoms with van der Waals surface area (Å²) < 4.78 is 5.59. The summed E-state index contributed by atoms with van der Waals surface area (Å²) in [4.78, 5) is 7.24. The summed E-state index contributed by atoms with van der Waals surface area (Å²) in [5.41, 5.74) is 2.25. The van der Waals surface area contributed by atoms with Crippen molar-refractivity contribution in [3.63, 3.8) is 0 Å². The number of ether oxygens (including phenoxy) is 1. The van der Waals surface area contributed by atoms with E-state index in [0.29, 0.717) is 11.4 Å². The van der Waals surface area contributed by atoms with Crippen LogP contribution in [0.2, 0.25) is 0 Å². The molecule has 13 heavy (non-hydrogen) atoms. The van der Waals surface area contributed by atoms with E-state index in [1.54, 1.807) is 7.11 Å². The van der Waals surface area contributed by atoms with Crippen molar-refractivity contribution in [3.05, 3.63) is 16.0 Å². The van der Waals surface area contributed by atoms with Crippen molar-refractivity contribution in [3.8, 4) is 0 Å². The molecule has 0 atom stereocenters. The molecule has 1 aliphatic heterocycles. The number of nitrogens with zero attached hydrogens (tertiary/aromatic N) is 1. The number of aromatic amines is 1. The van der Waals surface area contributed by atoms with Gasteiger partial charge in [0.1, 0.15) is 5.82 Å². The van der Waals surface area contributed by atoms with Crippen LogP contribution in [0.5, 0.6) is 0 Å². The molecule has 0 saturated heterocycles. The smallest absolute Gasteiger partial charge is 0.199 e. The summed E-state index contributed by atoms with van der Waals surface area (Å²) in [5.74, 6) is 0.913. The fraction of sp³-hybridized carbons (Fsp3) is 0.500. The minimum atomic E-state index is 0.514. The van der Waals surface area contributed by atoms with Crippen LogP contribution in [0.3, 0.4) is 0 Å². The minimum absolute atomic E-state index is 0.514. The van der Waals surface area contributed by atoms with Crippen LogP contribution in [-0.4, -0.2) is 23.6 Å². The number of H-pyrrole nitrogens is 1. The molecular weight excluding hydrogens is 186 g/mol. The van der Waals surface area contributed by atoms with E-state index < -0.39 is 0 Å². The quantitative estimate of drug-likeness (QED) is 0.701. The lowest BCUT2D eigenvalue weighted by Crippen LogP contribution is -2.00. The lowest BCUT2D eigenvalue weighted by atomic mass is 10.2. The molecule has 0 spiro atoms. The first-order chi connectivity index (χ1) is 6.31. The van der Waals surface area contributed by atoms with Gasteiger partial charge in [-0.2, -0.15) is 0 Å². The second-order valence-corrected chi connectivity index (χ2v) is 3.34. The Kier molecular flexibility index (Phi) is 2.28. The molecule has 2 N–H and O–H groups in total. The molecule has 4 nitrogen and oxygen atoms in total. The molecule has 0 aliphatic carbocycles. The van der Waals surface area contributed by atoms with Crippen LogP contribution in [0.4, 0.5) is 5.82 Å². The summed E-state index contributed by atoms with van der Waals surface area (Å²) in [6, 6.07) is 0. The summed E-state index contributed by atoms with van der Waals surface area (Å²) in [7, 11) is 1.67. The Morgan fingerprint density at radius 3 is 3.23 bits per heavy atom. The average molecular weight is 197 g/mol. The molecule has 2 rings (SSSR count). The first-order valence-electron chi connectivity index (χ1n) is 4.16. The number of rotatable bonds is 2. The Morgan fingerprint density at radius 2 is 2.46 bits per heavy atom. The molecule has 1 aliphatic rings. The van der Waals surface area contributed by atoms with Gasteiger partial charge in [-0.05, 0) is 18.6 Å². The van der Waals surface area contributed by atoms with Crippen LogP contribution in [0.25, 0.3) is 0 Å². The third kappa shape index (κ3) is 1.57. The molecule has 0 fully saturated rings. The average Bonchev–Trinajstić information content (AvgIpc) is 2.52. The molecule has 70 valence electrons. The van der Waals surface area contributed by atoms with Crippen LogP contribution < -0.4 is 5.32 Å². The maximum atomic E-state index is 5.08. The van der Waals surface area contributed by atoms with Gasteiger partial charge in [0.25, 0.3) is 0 Å². The summed E-state index contributed by atoms with van der Waals surface area (Å²) >= 11 is 4.99. The molecule has 5 heteroatoms. The third-order valence-electron chi connectivity index (χ3n) is 2.08. The number of nitrogens with one attached hydrogen (secondary N) is 2. The molecular formula is C8H11N3OS. The van der Waals surface area contributed by atoms with E-state index in [0.717, 1.165) is 24.5 Å². The Balaban J connectivity index is 2.49. The highest BCUT2D eigenvalue weighted by molar-refractivity contribution is 7.71. The number of hydrogen-bond acceptors (Lipinski definition) is 4. The van der Waals surface area contributed by atoms with Crippen LogP contribution in [-0.2, 0) is 17.8 Å². The van der Waals surface area contributed by atoms with E-state index >= 15 is 0 Å². The van der Waals surface area contributed by atoms with Gasteiger partial charge < -0.3 is 15.0 Å². The molecule has 0 amide bonds. The normalized spacial score (nSPS) is 13.9. The Labute approximate surface area is 81.3 Å². The predicted octanol–water partition coefficient (Wildman–Crippen LogP) is 1.25. The number of aromatic nitrogens is 2. The predicted molar refractivity (Wildman–Crippen MR) is 52.3 cm³/mol. The maximum Gasteiger partial charge on any atom is 0.199 e. The summed E-state index contributed by atoms with van der Waals surface area (Å²) in [6.07, 6.45) is 0.993. The van der Waals surface area contributed by atoms with Gasteiger partial charge in [-0.3, -0.25) is 0 Å². The number of anilines is 1. The second-order valence-electron chi connectivity index (χ2n) is 2.96. The van der Waals surface area contributed by atoms with Gasteiger partial charge >= 0.3 is 0 Å². The zero-order chi connectivity index (χ0) is 9.26. The zero-order valence-corrected chi connectivity index (χ0v) is 8.20. The van der Waals surface area contributed by atoms with Crippen LogP contribution in [0.1, 0.15) is 11.3 Å². The van der Waals surface area contributed by atoms with Crippen molar-refractivity contribution in [2.24, 2.45) is 0 Å². The van der Waals surface area contributed by atoms with E-state index in [9.17, 15) is 0 Å². The number of hydrogen-bond donors (Lipinski definition) is 2. The lowest BCUT2D eigenvalue weighted by molar-refractivity contribution is 0.180. The Bertz CT molecular complexity index is 374. The number of methoxy groups -OCH3 is 1. The molecule has 0 radical (unpaired) electrons. The molecule has 1 aromatic heterocycles. The van der Waals surface area contributed by atoms with Crippen molar-refractivity contribution < 1.29 is 4.74 Å². The van der Waals surface area contributed by atoms with Crippen LogP contribution >= 0.6 is 12.2 Å². The van der Waals surface area contributed by atoms with E-state index in [1.165, 1.54) is 5.56 Å². The van der Waals surface area contributed by atoms with E-state index in [1.807, 2.05) is 0 Å². The minimum Gasteiger partial charge on any atom is -0.378 e. The van der Waals surface area contributed by atoms with Crippen LogP contribution in [0.15, 0.2) is 0 Å². The summed E-state index contributed by atoms with van der Waals surface area (Å²) in [6.45, 7) is 1.50. The molecule has 0 unspecified atom stereocenters. The topological polar surface area (TPSA) is 49.9 Å². The molecule has 0 aromatic carbocycles. The van der Waals surface area contributed by atoms with Crippen molar-refractivity contribution in [1.82, 2.24) is 9.97 Å². The third-order valence-corrected chi connectivity index (χ3v) is 2.27. The Hall–Kier alpha value is -0.940. The van der Waals surface area contributed by atoms with E-state index in [-0.39, 0.29) is 0 Å². The highest BCUT2D eigenvalue weighted by atomic mass is 32.1. The first-order valence-corrected chi connectivity index (χ1v) is 4.57. The van der Waals surface area contributed by atoms with Crippen molar-refractivity contribution in [2.45, 2.75) is 13.0 Å². The molecule has 0 bridgehead atoms. The van der Waals surface area contributed by atoms with Gasteiger partial charge in [-0.25, -0.2) is 4.98 Å². The van der Waals surface area contributed by atoms with Gasteiger partial charge in [0.15, 0.2) is 4.77 Å². The zero-order valence-electron chi connectivity index (χ0n) is 7.39. The monoisotopic (exact) mass is 197 g/mol. The van der Waals surface area contributed by atoms with Gasteiger partial charge in [-0.15, -0.1) is 0 Å². The molecule has 2 heterocycles. The fourth-order valence-corrected chi connectivity index (χ4v) is 1.75. The van der Waals surface area contributed by atoms with E-state index in [4.69, 9.17) is 17.0 Å². The maximum absolute atomic E-state index is 5.08. The first kappa shape index (κ1) is 8.65. The fourth-order valence-electron chi connectivity index (χ4n) is 1.53. The number of fused-ring (bicyclic) bond motifs is 1.